The lowest BCUT2D eigenvalue weighted by Crippen LogP contribution is -2.10. The van der Waals surface area contributed by atoms with Gasteiger partial charge in [0.2, 0.25) is 0 Å². The quantitative estimate of drug-likeness (QED) is 0.699. The molecule has 2 N–H and O–H groups in total. The lowest BCUT2D eigenvalue weighted by molar-refractivity contribution is 0.0463. The molecule has 112 valence electrons. The molecule has 2 aromatic rings. The number of benzene rings is 1. The van der Waals surface area contributed by atoms with E-state index in [0.29, 0.717) is 27.7 Å². The van der Waals surface area contributed by atoms with Gasteiger partial charge in [0, 0.05) is 12.7 Å². The van der Waals surface area contributed by atoms with Gasteiger partial charge in [-0.3, -0.25) is 4.68 Å². The van der Waals surface area contributed by atoms with Crippen molar-refractivity contribution in [3.63, 3.8) is 0 Å². The van der Waals surface area contributed by atoms with Crippen LogP contribution in [0.15, 0.2) is 12.1 Å². The van der Waals surface area contributed by atoms with Crippen LogP contribution in [-0.2, 0) is 18.4 Å². The zero-order chi connectivity index (χ0) is 15.7. The molecule has 1 aromatic carbocycles. The average molecular weight is 308 g/mol. The molecule has 0 unspecified atom stereocenters. The van der Waals surface area contributed by atoms with Crippen LogP contribution in [-0.4, -0.2) is 15.7 Å². The number of nitrogen functional groups attached to an aromatic ring is 1. The number of ether oxygens (including phenoxy) is 1. The number of hydrogen-bond donors (Lipinski definition) is 1. The molecule has 0 bridgehead atoms. The van der Waals surface area contributed by atoms with Crippen LogP contribution in [0.25, 0.3) is 0 Å². The van der Waals surface area contributed by atoms with Gasteiger partial charge >= 0.3 is 5.97 Å². The van der Waals surface area contributed by atoms with Crippen LogP contribution < -0.4 is 5.73 Å². The second-order valence-electron chi connectivity index (χ2n) is 5.07. The lowest BCUT2D eigenvalue weighted by atomic mass is 10.0. The van der Waals surface area contributed by atoms with Crippen molar-refractivity contribution in [1.29, 1.82) is 0 Å². The highest BCUT2D eigenvalue weighted by Gasteiger charge is 2.16. The van der Waals surface area contributed by atoms with Gasteiger partial charge in [-0.2, -0.15) is 5.10 Å². The van der Waals surface area contributed by atoms with Crippen LogP contribution in [0.5, 0.6) is 0 Å². The third-order valence-corrected chi connectivity index (χ3v) is 3.93. The van der Waals surface area contributed by atoms with E-state index >= 15 is 0 Å². The first-order chi connectivity index (χ1) is 9.81. The second kappa shape index (κ2) is 5.77. The summed E-state index contributed by atoms with van der Waals surface area (Å²) in [5.41, 5.74) is 10.0. The number of aromatic nitrogens is 2. The maximum Gasteiger partial charge on any atom is 0.338 e. The molecule has 0 saturated carbocycles. The number of carbonyl (C=O) groups excluding carboxylic acids is 1. The first kappa shape index (κ1) is 15.4. The molecule has 0 aliphatic carbocycles. The molecule has 0 aliphatic rings. The predicted molar refractivity (Wildman–Crippen MR) is 82.4 cm³/mol. The fraction of sp³-hybridized carbons (Fsp3) is 0.333. The van der Waals surface area contributed by atoms with Gasteiger partial charge in [0.15, 0.2) is 0 Å². The van der Waals surface area contributed by atoms with Crippen molar-refractivity contribution in [3.8, 4) is 0 Å². The zero-order valence-corrected chi connectivity index (χ0v) is 13.3. The van der Waals surface area contributed by atoms with Crippen molar-refractivity contribution in [1.82, 2.24) is 9.78 Å². The molecule has 0 radical (unpaired) electrons. The van der Waals surface area contributed by atoms with Crippen LogP contribution in [0.1, 0.15) is 32.9 Å². The van der Waals surface area contributed by atoms with E-state index in [1.165, 1.54) is 0 Å². The fourth-order valence-corrected chi connectivity index (χ4v) is 2.35. The van der Waals surface area contributed by atoms with E-state index in [9.17, 15) is 4.79 Å². The second-order valence-corrected chi connectivity index (χ2v) is 5.45. The van der Waals surface area contributed by atoms with E-state index < -0.39 is 5.97 Å². The zero-order valence-electron chi connectivity index (χ0n) is 12.5. The van der Waals surface area contributed by atoms with Gasteiger partial charge in [0.1, 0.15) is 6.61 Å². The van der Waals surface area contributed by atoms with Crippen molar-refractivity contribution in [2.24, 2.45) is 7.05 Å². The highest BCUT2D eigenvalue weighted by atomic mass is 35.5. The van der Waals surface area contributed by atoms with Gasteiger partial charge in [0.05, 0.1) is 22.0 Å². The molecular formula is C15H18ClN3O2. The summed E-state index contributed by atoms with van der Waals surface area (Å²) < 4.78 is 6.94. The van der Waals surface area contributed by atoms with E-state index in [0.717, 1.165) is 11.1 Å². The van der Waals surface area contributed by atoms with Gasteiger partial charge in [0.25, 0.3) is 0 Å². The standard InChI is InChI=1S/C15H18ClN3O2/c1-8-5-9(2)12(17)6-11(8)15(20)21-7-13-14(16)10(3)18-19(13)4/h5-6H,7,17H2,1-4H3. The summed E-state index contributed by atoms with van der Waals surface area (Å²) in [6.45, 7) is 5.63. The molecule has 1 heterocycles. The molecule has 2 rings (SSSR count). The SMILES string of the molecule is Cc1cc(C)c(C(=O)OCc2c(Cl)c(C)nn2C)cc1N. The highest BCUT2D eigenvalue weighted by Crippen LogP contribution is 2.22. The summed E-state index contributed by atoms with van der Waals surface area (Å²) >= 11 is 6.13. The monoisotopic (exact) mass is 307 g/mol. The predicted octanol–water partition coefficient (Wildman–Crippen LogP) is 2.94. The van der Waals surface area contributed by atoms with E-state index in [1.807, 2.05) is 19.9 Å². The maximum absolute atomic E-state index is 12.2. The number of hydrogen-bond acceptors (Lipinski definition) is 4. The van der Waals surface area contributed by atoms with Gasteiger partial charge < -0.3 is 10.5 Å². The first-order valence-electron chi connectivity index (χ1n) is 6.53. The fourth-order valence-electron chi connectivity index (χ4n) is 2.14. The minimum atomic E-state index is -0.422. The topological polar surface area (TPSA) is 70.1 Å². The molecular weight excluding hydrogens is 290 g/mol. The summed E-state index contributed by atoms with van der Waals surface area (Å²) in [5, 5.41) is 4.70. The number of esters is 1. The smallest absolute Gasteiger partial charge is 0.338 e. The highest BCUT2D eigenvalue weighted by molar-refractivity contribution is 6.31. The van der Waals surface area contributed by atoms with E-state index in [4.69, 9.17) is 22.1 Å². The Bertz CT molecular complexity index is 707. The molecule has 5 nitrogen and oxygen atoms in total. The van der Waals surface area contributed by atoms with Crippen molar-refractivity contribution >= 4 is 23.3 Å². The van der Waals surface area contributed by atoms with Gasteiger partial charge in [-0.05, 0) is 38.0 Å². The van der Waals surface area contributed by atoms with Crippen LogP contribution in [0.4, 0.5) is 5.69 Å². The van der Waals surface area contributed by atoms with Crippen LogP contribution in [0.2, 0.25) is 5.02 Å². The maximum atomic E-state index is 12.2. The third-order valence-electron chi connectivity index (χ3n) is 3.43. The van der Waals surface area contributed by atoms with Crippen molar-refractivity contribution in [2.45, 2.75) is 27.4 Å². The van der Waals surface area contributed by atoms with Crippen LogP contribution >= 0.6 is 11.6 Å². The Hall–Kier alpha value is -2.01. The third kappa shape index (κ3) is 3.03. The van der Waals surface area contributed by atoms with Crippen molar-refractivity contribution in [3.05, 3.63) is 45.2 Å². The van der Waals surface area contributed by atoms with Crippen LogP contribution in [0.3, 0.4) is 0 Å². The number of halogens is 1. The summed E-state index contributed by atoms with van der Waals surface area (Å²) in [5.74, 6) is -0.422. The minimum absolute atomic E-state index is 0.0717. The van der Waals surface area contributed by atoms with Gasteiger partial charge in [-0.1, -0.05) is 17.7 Å². The van der Waals surface area contributed by atoms with E-state index in [1.54, 1.807) is 24.7 Å². The van der Waals surface area contributed by atoms with E-state index in [2.05, 4.69) is 5.10 Å². The molecule has 6 heteroatoms. The van der Waals surface area contributed by atoms with Crippen molar-refractivity contribution in [2.75, 3.05) is 5.73 Å². The number of aryl methyl sites for hydroxylation is 4. The molecule has 0 fully saturated rings. The molecule has 0 aliphatic heterocycles. The van der Waals surface area contributed by atoms with Gasteiger partial charge in [-0.25, -0.2) is 4.79 Å². The summed E-state index contributed by atoms with van der Waals surface area (Å²) in [4.78, 5) is 12.2. The van der Waals surface area contributed by atoms with Crippen LogP contribution in [0, 0.1) is 20.8 Å². The number of nitrogens with zero attached hydrogens (tertiary/aromatic N) is 2. The number of nitrogens with two attached hydrogens (primary N) is 1. The Kier molecular flexibility index (Phi) is 4.23. The number of rotatable bonds is 3. The Labute approximate surface area is 128 Å². The van der Waals surface area contributed by atoms with E-state index in [-0.39, 0.29) is 6.61 Å². The molecule has 1 aromatic heterocycles. The number of carbonyl (C=O) groups is 1. The largest absolute Gasteiger partial charge is 0.456 e. The Morgan fingerprint density at radius 3 is 2.57 bits per heavy atom. The molecule has 0 amide bonds. The molecule has 0 saturated heterocycles. The summed E-state index contributed by atoms with van der Waals surface area (Å²) in [6.07, 6.45) is 0. The lowest BCUT2D eigenvalue weighted by Gasteiger charge is -2.10. The van der Waals surface area contributed by atoms with Gasteiger partial charge in [-0.15, -0.1) is 0 Å². The Morgan fingerprint density at radius 1 is 1.33 bits per heavy atom. The Balaban J connectivity index is 2.17. The summed E-state index contributed by atoms with van der Waals surface area (Å²) in [7, 11) is 1.76. The normalized spacial score (nSPS) is 10.7. The number of anilines is 1. The molecule has 0 atom stereocenters. The minimum Gasteiger partial charge on any atom is -0.456 e. The molecule has 21 heavy (non-hydrogen) atoms. The average Bonchev–Trinajstić information content (AvgIpc) is 2.65. The Morgan fingerprint density at radius 2 is 2.00 bits per heavy atom. The van der Waals surface area contributed by atoms with Crippen molar-refractivity contribution < 1.29 is 9.53 Å². The summed E-state index contributed by atoms with van der Waals surface area (Å²) in [6, 6.07) is 3.51. The first-order valence-corrected chi connectivity index (χ1v) is 6.91. The molecule has 0 spiro atoms.